The first-order valence-corrected chi connectivity index (χ1v) is 6.69. The Balaban J connectivity index is 2.58. The van der Waals surface area contributed by atoms with Crippen LogP contribution in [0.2, 0.25) is 0 Å². The van der Waals surface area contributed by atoms with Crippen molar-refractivity contribution in [2.75, 3.05) is 17.2 Å². The van der Waals surface area contributed by atoms with Crippen molar-refractivity contribution in [1.29, 1.82) is 0 Å². The summed E-state index contributed by atoms with van der Waals surface area (Å²) < 4.78 is 13.6. The van der Waals surface area contributed by atoms with Crippen molar-refractivity contribution in [3.05, 3.63) is 24.0 Å². The van der Waals surface area contributed by atoms with E-state index in [1.165, 1.54) is 19.1 Å². The molecule has 7 nitrogen and oxygen atoms in total. The van der Waals surface area contributed by atoms with Crippen LogP contribution in [-0.4, -0.2) is 30.4 Å². The van der Waals surface area contributed by atoms with Gasteiger partial charge in [-0.15, -0.1) is 0 Å². The van der Waals surface area contributed by atoms with Gasteiger partial charge in [0.15, 0.2) is 0 Å². The van der Waals surface area contributed by atoms with Gasteiger partial charge in [-0.2, -0.15) is 0 Å². The topological polar surface area (TPSA) is 99.3 Å². The number of nitrogens with one attached hydrogen (secondary N) is 4. The first-order chi connectivity index (χ1) is 10.3. The van der Waals surface area contributed by atoms with Crippen molar-refractivity contribution in [3.63, 3.8) is 0 Å². The van der Waals surface area contributed by atoms with Crippen molar-refractivity contribution in [2.45, 2.75) is 26.8 Å². The standard InChI is InChI=1S/C14H19FN4O3/c1-8(2)17-14(22)19-13(21)7-16-12-6-10(18-9(3)20)4-5-11(12)15/h4-6,8,16H,7H2,1-3H3,(H,18,20)(H2,17,19,21,22). The van der Waals surface area contributed by atoms with E-state index in [0.29, 0.717) is 5.69 Å². The van der Waals surface area contributed by atoms with Crippen LogP contribution >= 0.6 is 0 Å². The van der Waals surface area contributed by atoms with Crippen LogP contribution in [0.25, 0.3) is 0 Å². The average Bonchev–Trinajstić information content (AvgIpc) is 2.37. The second-order valence-electron chi connectivity index (χ2n) is 4.91. The quantitative estimate of drug-likeness (QED) is 0.661. The molecule has 1 aromatic rings. The number of anilines is 2. The zero-order valence-corrected chi connectivity index (χ0v) is 12.6. The third-order valence-electron chi connectivity index (χ3n) is 2.40. The average molecular weight is 310 g/mol. The Morgan fingerprint density at radius 3 is 2.50 bits per heavy atom. The molecule has 0 bridgehead atoms. The minimum Gasteiger partial charge on any atom is -0.374 e. The molecule has 4 N–H and O–H groups in total. The van der Waals surface area contributed by atoms with Gasteiger partial charge in [0.25, 0.3) is 0 Å². The van der Waals surface area contributed by atoms with Crippen molar-refractivity contribution < 1.29 is 18.8 Å². The van der Waals surface area contributed by atoms with Gasteiger partial charge in [0.1, 0.15) is 5.82 Å². The normalized spacial score (nSPS) is 10.0. The third-order valence-corrected chi connectivity index (χ3v) is 2.40. The molecule has 0 spiro atoms. The summed E-state index contributed by atoms with van der Waals surface area (Å²) in [5.74, 6) is -1.48. The molecule has 0 heterocycles. The lowest BCUT2D eigenvalue weighted by Crippen LogP contribution is -2.44. The van der Waals surface area contributed by atoms with Crippen molar-refractivity contribution >= 4 is 29.2 Å². The van der Waals surface area contributed by atoms with Crippen LogP contribution in [0.15, 0.2) is 18.2 Å². The zero-order valence-electron chi connectivity index (χ0n) is 12.6. The van der Waals surface area contributed by atoms with Crippen LogP contribution in [0.3, 0.4) is 0 Å². The van der Waals surface area contributed by atoms with Crippen LogP contribution in [0, 0.1) is 5.82 Å². The van der Waals surface area contributed by atoms with E-state index in [1.807, 2.05) is 0 Å². The van der Waals surface area contributed by atoms with Crippen molar-refractivity contribution in [1.82, 2.24) is 10.6 Å². The van der Waals surface area contributed by atoms with Crippen LogP contribution in [0.5, 0.6) is 0 Å². The maximum Gasteiger partial charge on any atom is 0.321 e. The number of carbonyl (C=O) groups is 3. The molecule has 0 fully saturated rings. The highest BCUT2D eigenvalue weighted by molar-refractivity contribution is 5.96. The summed E-state index contributed by atoms with van der Waals surface area (Å²) >= 11 is 0. The Kier molecular flexibility index (Phi) is 6.30. The number of amides is 4. The maximum atomic E-state index is 13.6. The second kappa shape index (κ2) is 7.96. The Bertz CT molecular complexity index is 575. The minimum atomic E-state index is -0.616. The summed E-state index contributed by atoms with van der Waals surface area (Å²) in [5.41, 5.74) is 0.444. The Morgan fingerprint density at radius 2 is 1.91 bits per heavy atom. The van der Waals surface area contributed by atoms with E-state index in [9.17, 15) is 18.8 Å². The largest absolute Gasteiger partial charge is 0.374 e. The molecule has 4 amide bonds. The zero-order chi connectivity index (χ0) is 16.7. The monoisotopic (exact) mass is 310 g/mol. The van der Waals surface area contributed by atoms with Gasteiger partial charge in [-0.05, 0) is 32.0 Å². The van der Waals surface area contributed by atoms with Gasteiger partial charge >= 0.3 is 6.03 Å². The molecule has 1 rings (SSSR count). The predicted octanol–water partition coefficient (Wildman–Crippen LogP) is 1.43. The predicted molar refractivity (Wildman–Crippen MR) is 81.0 cm³/mol. The summed E-state index contributed by atoms with van der Waals surface area (Å²) in [6.07, 6.45) is 0. The molecule has 1 aromatic carbocycles. The van der Waals surface area contributed by atoms with Gasteiger partial charge in [0.05, 0.1) is 12.2 Å². The molecular formula is C14H19FN4O3. The van der Waals surface area contributed by atoms with Gasteiger partial charge in [-0.25, -0.2) is 9.18 Å². The SMILES string of the molecule is CC(=O)Nc1ccc(F)c(NCC(=O)NC(=O)NC(C)C)c1. The van der Waals surface area contributed by atoms with Gasteiger partial charge in [-0.3, -0.25) is 14.9 Å². The number of halogens is 1. The molecule has 120 valence electrons. The second-order valence-corrected chi connectivity index (χ2v) is 4.91. The Labute approximate surface area is 127 Å². The molecule has 0 aliphatic carbocycles. The number of carbonyl (C=O) groups excluding carboxylic acids is 3. The molecule has 0 unspecified atom stereocenters. The van der Waals surface area contributed by atoms with Gasteiger partial charge in [0.2, 0.25) is 11.8 Å². The number of urea groups is 1. The van der Waals surface area contributed by atoms with Crippen LogP contribution in [-0.2, 0) is 9.59 Å². The fourth-order valence-electron chi connectivity index (χ4n) is 1.59. The van der Waals surface area contributed by atoms with Gasteiger partial charge in [0, 0.05) is 18.7 Å². The summed E-state index contributed by atoms with van der Waals surface area (Å²) in [5, 5.41) is 9.67. The first-order valence-electron chi connectivity index (χ1n) is 6.69. The number of hydrogen-bond acceptors (Lipinski definition) is 4. The molecule has 8 heteroatoms. The Morgan fingerprint density at radius 1 is 1.23 bits per heavy atom. The highest BCUT2D eigenvalue weighted by Gasteiger charge is 2.10. The number of imide groups is 1. The van der Waals surface area contributed by atoms with E-state index < -0.39 is 17.8 Å². The molecule has 0 aliphatic heterocycles. The van der Waals surface area contributed by atoms with E-state index in [4.69, 9.17) is 0 Å². The van der Waals surface area contributed by atoms with Gasteiger partial charge in [-0.1, -0.05) is 0 Å². The molecule has 22 heavy (non-hydrogen) atoms. The fraction of sp³-hybridized carbons (Fsp3) is 0.357. The summed E-state index contributed by atoms with van der Waals surface area (Å²) in [7, 11) is 0. The highest BCUT2D eigenvalue weighted by atomic mass is 19.1. The van der Waals surface area contributed by atoms with E-state index >= 15 is 0 Å². The van der Waals surface area contributed by atoms with Crippen LogP contribution < -0.4 is 21.3 Å². The third kappa shape index (κ3) is 6.21. The maximum absolute atomic E-state index is 13.6. The molecular weight excluding hydrogens is 291 g/mol. The van der Waals surface area contributed by atoms with E-state index in [0.717, 1.165) is 6.07 Å². The highest BCUT2D eigenvalue weighted by Crippen LogP contribution is 2.19. The lowest BCUT2D eigenvalue weighted by Gasteiger charge is -2.11. The van der Waals surface area contributed by atoms with Crippen molar-refractivity contribution in [2.24, 2.45) is 0 Å². The molecule has 0 saturated heterocycles. The van der Waals surface area contributed by atoms with E-state index in [1.54, 1.807) is 13.8 Å². The minimum absolute atomic E-state index is 0.0469. The fourth-order valence-corrected chi connectivity index (χ4v) is 1.59. The van der Waals surface area contributed by atoms with Crippen LogP contribution in [0.4, 0.5) is 20.6 Å². The molecule has 0 radical (unpaired) electrons. The molecule has 0 aromatic heterocycles. The van der Waals surface area contributed by atoms with Crippen LogP contribution in [0.1, 0.15) is 20.8 Å². The van der Waals surface area contributed by atoms with Gasteiger partial charge < -0.3 is 16.0 Å². The number of hydrogen-bond donors (Lipinski definition) is 4. The molecule has 0 atom stereocenters. The number of rotatable bonds is 5. The summed E-state index contributed by atoms with van der Waals surface area (Å²) in [6, 6.07) is 3.20. The summed E-state index contributed by atoms with van der Waals surface area (Å²) in [4.78, 5) is 33.8. The van der Waals surface area contributed by atoms with E-state index in [2.05, 4.69) is 21.3 Å². The smallest absolute Gasteiger partial charge is 0.321 e. The molecule has 0 aliphatic rings. The van der Waals surface area contributed by atoms with E-state index in [-0.39, 0.29) is 24.2 Å². The summed E-state index contributed by atoms with van der Waals surface area (Å²) in [6.45, 7) is 4.56. The Hall–Kier alpha value is -2.64. The van der Waals surface area contributed by atoms with Crippen molar-refractivity contribution in [3.8, 4) is 0 Å². The first kappa shape index (κ1) is 17.4. The lowest BCUT2D eigenvalue weighted by atomic mass is 10.2. The number of benzene rings is 1. The molecule has 0 saturated carbocycles. The lowest BCUT2D eigenvalue weighted by molar-refractivity contribution is -0.118.